The lowest BCUT2D eigenvalue weighted by molar-refractivity contribution is -0.142. The number of benzene rings is 1. The summed E-state index contributed by atoms with van der Waals surface area (Å²) in [4.78, 5) is 23.9. The Morgan fingerprint density at radius 1 is 1.24 bits per heavy atom. The molecular formula is C17H20O4. The lowest BCUT2D eigenvalue weighted by atomic mass is 9.87. The van der Waals surface area contributed by atoms with Crippen molar-refractivity contribution in [3.8, 4) is 5.75 Å². The zero-order valence-corrected chi connectivity index (χ0v) is 12.4. The molecule has 0 aromatic heterocycles. The van der Waals surface area contributed by atoms with Gasteiger partial charge in [0.2, 0.25) is 0 Å². The van der Waals surface area contributed by atoms with Gasteiger partial charge in [-0.05, 0) is 50.5 Å². The second-order valence-electron chi connectivity index (χ2n) is 6.71. The maximum absolute atomic E-state index is 12.6. The Labute approximate surface area is 124 Å². The number of ether oxygens (including phenoxy) is 1. The molecule has 2 unspecified atom stereocenters. The highest BCUT2D eigenvalue weighted by Crippen LogP contribution is 2.38. The van der Waals surface area contributed by atoms with Gasteiger partial charge in [-0.25, -0.2) is 0 Å². The maximum atomic E-state index is 12.6. The predicted molar refractivity (Wildman–Crippen MR) is 77.7 cm³/mol. The SMILES string of the molecule is CC1(C)Cc2cc(C(=O)C3CCCC3C(=O)O)ccc2O1. The van der Waals surface area contributed by atoms with Gasteiger partial charge in [-0.2, -0.15) is 0 Å². The molecule has 0 saturated heterocycles. The normalized spacial score (nSPS) is 26.2. The monoisotopic (exact) mass is 288 g/mol. The van der Waals surface area contributed by atoms with Crippen molar-refractivity contribution in [3.63, 3.8) is 0 Å². The van der Waals surface area contributed by atoms with E-state index in [1.165, 1.54) is 0 Å². The van der Waals surface area contributed by atoms with Crippen LogP contribution >= 0.6 is 0 Å². The molecule has 0 bridgehead atoms. The molecule has 112 valence electrons. The van der Waals surface area contributed by atoms with Crippen LogP contribution in [-0.4, -0.2) is 22.5 Å². The predicted octanol–water partition coefficient (Wildman–Crippen LogP) is 3.08. The molecule has 2 atom stereocenters. The minimum atomic E-state index is -0.850. The van der Waals surface area contributed by atoms with Gasteiger partial charge in [0.1, 0.15) is 11.4 Å². The lowest BCUT2D eigenvalue weighted by Crippen LogP contribution is -2.25. The van der Waals surface area contributed by atoms with Gasteiger partial charge in [0, 0.05) is 17.9 Å². The van der Waals surface area contributed by atoms with Crippen LogP contribution in [0.1, 0.15) is 49.0 Å². The van der Waals surface area contributed by atoms with Crippen molar-refractivity contribution >= 4 is 11.8 Å². The van der Waals surface area contributed by atoms with Crippen LogP contribution in [-0.2, 0) is 11.2 Å². The molecule has 1 aromatic carbocycles. The lowest BCUT2D eigenvalue weighted by Gasteiger charge is -2.16. The Hall–Kier alpha value is -1.84. The zero-order chi connectivity index (χ0) is 15.2. The van der Waals surface area contributed by atoms with E-state index < -0.39 is 11.9 Å². The summed E-state index contributed by atoms with van der Waals surface area (Å²) in [6, 6.07) is 5.48. The number of carbonyl (C=O) groups excluding carboxylic acids is 1. The van der Waals surface area contributed by atoms with Crippen molar-refractivity contribution in [1.82, 2.24) is 0 Å². The number of carbonyl (C=O) groups is 2. The summed E-state index contributed by atoms with van der Waals surface area (Å²) in [6.45, 7) is 4.04. The highest BCUT2D eigenvalue weighted by atomic mass is 16.5. The number of Topliss-reactive ketones (excluding diaryl/α,β-unsaturated/α-hetero) is 1. The van der Waals surface area contributed by atoms with Gasteiger partial charge in [0.25, 0.3) is 0 Å². The number of fused-ring (bicyclic) bond motifs is 1. The van der Waals surface area contributed by atoms with E-state index in [4.69, 9.17) is 4.74 Å². The number of carboxylic acids is 1. The van der Waals surface area contributed by atoms with Crippen LogP contribution in [0.4, 0.5) is 0 Å². The molecule has 4 heteroatoms. The summed E-state index contributed by atoms with van der Waals surface area (Å²) in [5, 5.41) is 9.23. The second-order valence-corrected chi connectivity index (χ2v) is 6.71. The van der Waals surface area contributed by atoms with E-state index in [-0.39, 0.29) is 17.3 Å². The smallest absolute Gasteiger partial charge is 0.307 e. The second kappa shape index (κ2) is 4.86. The summed E-state index contributed by atoms with van der Waals surface area (Å²) < 4.78 is 5.81. The Bertz CT molecular complexity index is 603. The number of hydrogen-bond donors (Lipinski definition) is 1. The van der Waals surface area contributed by atoms with Crippen molar-refractivity contribution in [2.75, 3.05) is 0 Å². The highest BCUT2D eigenvalue weighted by Gasteiger charge is 2.38. The minimum absolute atomic E-state index is 0.0348. The highest BCUT2D eigenvalue weighted by molar-refractivity contribution is 6.00. The van der Waals surface area contributed by atoms with Crippen LogP contribution < -0.4 is 4.74 Å². The van der Waals surface area contributed by atoms with Crippen LogP contribution in [0.5, 0.6) is 5.75 Å². The van der Waals surface area contributed by atoms with Gasteiger partial charge < -0.3 is 9.84 Å². The molecule has 1 saturated carbocycles. The molecule has 21 heavy (non-hydrogen) atoms. The van der Waals surface area contributed by atoms with Gasteiger partial charge in [0.05, 0.1) is 5.92 Å². The average Bonchev–Trinajstić information content (AvgIpc) is 2.98. The van der Waals surface area contributed by atoms with Crippen molar-refractivity contribution in [2.45, 2.75) is 45.1 Å². The quantitative estimate of drug-likeness (QED) is 0.868. The standard InChI is InChI=1S/C17H20O4/c1-17(2)9-11-8-10(6-7-14(11)21-17)15(18)12-4-3-5-13(12)16(19)20/h6-8,12-13H,3-5,9H2,1-2H3,(H,19,20). The summed E-state index contributed by atoms with van der Waals surface area (Å²) in [5.74, 6) is -0.962. The van der Waals surface area contributed by atoms with Crippen molar-refractivity contribution in [2.24, 2.45) is 11.8 Å². The van der Waals surface area contributed by atoms with Crippen molar-refractivity contribution in [1.29, 1.82) is 0 Å². The van der Waals surface area contributed by atoms with Gasteiger partial charge in [-0.15, -0.1) is 0 Å². The van der Waals surface area contributed by atoms with Crippen LogP contribution in [0, 0.1) is 11.8 Å². The third-order valence-electron chi connectivity index (χ3n) is 4.52. The van der Waals surface area contributed by atoms with Crippen LogP contribution in [0.15, 0.2) is 18.2 Å². The molecule has 1 aromatic rings. The first kappa shape index (κ1) is 14.1. The molecule has 1 aliphatic heterocycles. The number of carboxylic acid groups (broad SMARTS) is 1. The largest absolute Gasteiger partial charge is 0.487 e. The fourth-order valence-electron chi connectivity index (χ4n) is 3.55. The molecule has 2 aliphatic rings. The summed E-state index contributed by atoms with van der Waals surface area (Å²) in [5.41, 5.74) is 1.42. The van der Waals surface area contributed by atoms with E-state index in [0.717, 1.165) is 24.2 Å². The first-order valence-electron chi connectivity index (χ1n) is 7.46. The van der Waals surface area contributed by atoms with Crippen LogP contribution in [0.2, 0.25) is 0 Å². The van der Waals surface area contributed by atoms with Gasteiger partial charge in [0.15, 0.2) is 5.78 Å². The van der Waals surface area contributed by atoms with Crippen molar-refractivity contribution in [3.05, 3.63) is 29.3 Å². The Morgan fingerprint density at radius 2 is 1.95 bits per heavy atom. The van der Waals surface area contributed by atoms with Gasteiger partial charge in [-0.3, -0.25) is 9.59 Å². The number of hydrogen-bond acceptors (Lipinski definition) is 3. The molecule has 1 N–H and O–H groups in total. The summed E-state index contributed by atoms with van der Waals surface area (Å²) in [6.07, 6.45) is 2.87. The summed E-state index contributed by atoms with van der Waals surface area (Å²) >= 11 is 0. The molecule has 3 rings (SSSR count). The van der Waals surface area contributed by atoms with Crippen molar-refractivity contribution < 1.29 is 19.4 Å². The minimum Gasteiger partial charge on any atom is -0.487 e. The third kappa shape index (κ3) is 2.55. The van der Waals surface area contributed by atoms with E-state index in [1.807, 2.05) is 26.0 Å². The fraction of sp³-hybridized carbons (Fsp3) is 0.529. The van der Waals surface area contributed by atoms with Crippen LogP contribution in [0.3, 0.4) is 0 Å². The maximum Gasteiger partial charge on any atom is 0.307 e. The number of ketones is 1. The van der Waals surface area contributed by atoms with Gasteiger partial charge in [-0.1, -0.05) is 6.42 Å². The van der Waals surface area contributed by atoms with E-state index in [2.05, 4.69) is 0 Å². The Balaban J connectivity index is 1.85. The first-order chi connectivity index (χ1) is 9.87. The first-order valence-corrected chi connectivity index (χ1v) is 7.46. The number of rotatable bonds is 3. The molecule has 1 aliphatic carbocycles. The summed E-state index contributed by atoms with van der Waals surface area (Å²) in [7, 11) is 0. The van der Waals surface area contributed by atoms with E-state index >= 15 is 0 Å². The average molecular weight is 288 g/mol. The molecule has 0 radical (unpaired) electrons. The molecular weight excluding hydrogens is 268 g/mol. The Morgan fingerprint density at radius 3 is 2.67 bits per heavy atom. The fourth-order valence-corrected chi connectivity index (χ4v) is 3.55. The molecule has 0 spiro atoms. The molecule has 1 heterocycles. The Kier molecular flexibility index (Phi) is 3.27. The molecule has 1 fully saturated rings. The van der Waals surface area contributed by atoms with E-state index in [0.29, 0.717) is 18.4 Å². The van der Waals surface area contributed by atoms with E-state index in [1.54, 1.807) is 6.07 Å². The topological polar surface area (TPSA) is 63.6 Å². The zero-order valence-electron chi connectivity index (χ0n) is 12.4. The van der Waals surface area contributed by atoms with Gasteiger partial charge >= 0.3 is 5.97 Å². The molecule has 0 amide bonds. The molecule has 4 nitrogen and oxygen atoms in total. The van der Waals surface area contributed by atoms with E-state index in [9.17, 15) is 14.7 Å². The third-order valence-corrected chi connectivity index (χ3v) is 4.52. The van der Waals surface area contributed by atoms with Crippen LogP contribution in [0.25, 0.3) is 0 Å². The number of aliphatic carboxylic acids is 1.